The number of carbonyl (C=O) groups excluding carboxylic acids is 2. The lowest BCUT2D eigenvalue weighted by Gasteiger charge is -2.24. The molecular weight excluding hydrogens is 544 g/mol. The maximum atomic E-state index is 13.8. The quantitative estimate of drug-likeness (QED) is 0.306. The molecular formula is C31H28N2O7S. The number of hydrogen-bond donors (Lipinski definition) is 0. The minimum Gasteiger partial charge on any atom is -0.497 e. The second-order valence-corrected chi connectivity index (χ2v) is 10.3. The third-order valence-electron chi connectivity index (χ3n) is 6.76. The van der Waals surface area contributed by atoms with Gasteiger partial charge in [0.1, 0.15) is 17.3 Å². The van der Waals surface area contributed by atoms with Crippen LogP contribution in [0.3, 0.4) is 0 Å². The van der Waals surface area contributed by atoms with Gasteiger partial charge < -0.3 is 18.6 Å². The number of aryl methyl sites for hydroxylation is 1. The van der Waals surface area contributed by atoms with Crippen LogP contribution in [0.25, 0.3) is 17.4 Å². The number of rotatable bonds is 7. The Kier molecular flexibility index (Phi) is 7.76. The molecule has 1 aliphatic rings. The first-order chi connectivity index (χ1) is 19.7. The lowest BCUT2D eigenvalue weighted by molar-refractivity contribution is -0.139. The molecule has 0 saturated heterocycles. The molecule has 1 atom stereocenters. The van der Waals surface area contributed by atoms with Crippen molar-refractivity contribution < 1.29 is 28.2 Å². The number of benzene rings is 2. The number of ether oxygens (including phenoxy) is 3. The first kappa shape index (κ1) is 27.9. The first-order valence-electron chi connectivity index (χ1n) is 12.9. The minimum atomic E-state index is -0.721. The van der Waals surface area contributed by atoms with Crippen LogP contribution >= 0.6 is 11.3 Å². The summed E-state index contributed by atoms with van der Waals surface area (Å²) in [5.74, 6) is 0.791. The fourth-order valence-electron chi connectivity index (χ4n) is 4.78. The summed E-state index contributed by atoms with van der Waals surface area (Å²) in [6, 6.07) is 15.3. The SMILES string of the molecule is CCOC(=O)C1=C(C)N=c2s/c(=C/c3ccc(-c4ccc(C(=O)OC)cc4C)o3)c(=O)n2[C@@H]1c1ccc(OC)cc1. The third kappa shape index (κ3) is 5.26. The van der Waals surface area contributed by atoms with Crippen LogP contribution in [0, 0.1) is 6.92 Å². The van der Waals surface area contributed by atoms with Crippen molar-refractivity contribution in [2.75, 3.05) is 20.8 Å². The zero-order valence-corrected chi connectivity index (χ0v) is 24.0. The van der Waals surface area contributed by atoms with Gasteiger partial charge in [-0.05, 0) is 68.3 Å². The van der Waals surface area contributed by atoms with Crippen LogP contribution in [0.2, 0.25) is 0 Å². The molecule has 0 radical (unpaired) electrons. The van der Waals surface area contributed by atoms with Gasteiger partial charge in [0.15, 0.2) is 4.80 Å². The number of nitrogens with zero attached hydrogens (tertiary/aromatic N) is 2. The molecule has 0 aliphatic carbocycles. The number of esters is 2. The number of carbonyl (C=O) groups is 2. The molecule has 0 unspecified atom stereocenters. The molecule has 1 aliphatic heterocycles. The Hall–Kier alpha value is -4.70. The topological polar surface area (TPSA) is 109 Å². The van der Waals surface area contributed by atoms with Crippen LogP contribution in [0.1, 0.15) is 47.1 Å². The number of hydrogen-bond acceptors (Lipinski definition) is 9. The van der Waals surface area contributed by atoms with Crippen molar-refractivity contribution in [1.29, 1.82) is 0 Å². The molecule has 0 N–H and O–H groups in total. The molecule has 41 heavy (non-hydrogen) atoms. The number of fused-ring (bicyclic) bond motifs is 1. The van der Waals surface area contributed by atoms with E-state index in [1.807, 2.05) is 25.1 Å². The Morgan fingerprint density at radius 3 is 2.46 bits per heavy atom. The van der Waals surface area contributed by atoms with Gasteiger partial charge in [0.2, 0.25) is 0 Å². The highest BCUT2D eigenvalue weighted by atomic mass is 32.1. The van der Waals surface area contributed by atoms with Crippen LogP contribution in [0.15, 0.2) is 80.1 Å². The molecule has 210 valence electrons. The van der Waals surface area contributed by atoms with Crippen LogP contribution < -0.4 is 19.6 Å². The van der Waals surface area contributed by atoms with E-state index in [0.29, 0.717) is 43.4 Å². The van der Waals surface area contributed by atoms with E-state index in [-0.39, 0.29) is 12.2 Å². The van der Waals surface area contributed by atoms with Crippen LogP contribution in [-0.2, 0) is 14.3 Å². The Morgan fingerprint density at radius 1 is 1.05 bits per heavy atom. The molecule has 3 heterocycles. The van der Waals surface area contributed by atoms with E-state index < -0.39 is 18.0 Å². The normalized spacial score (nSPS) is 14.9. The van der Waals surface area contributed by atoms with Crippen molar-refractivity contribution in [3.05, 3.63) is 108 Å². The average molecular weight is 573 g/mol. The lowest BCUT2D eigenvalue weighted by atomic mass is 9.96. The molecule has 0 bridgehead atoms. The monoisotopic (exact) mass is 572 g/mol. The van der Waals surface area contributed by atoms with Gasteiger partial charge in [-0.3, -0.25) is 9.36 Å². The van der Waals surface area contributed by atoms with Crippen LogP contribution in [-0.4, -0.2) is 37.3 Å². The van der Waals surface area contributed by atoms with Crippen molar-refractivity contribution in [1.82, 2.24) is 4.57 Å². The molecule has 0 saturated carbocycles. The van der Waals surface area contributed by atoms with E-state index in [2.05, 4.69) is 4.99 Å². The maximum absolute atomic E-state index is 13.8. The van der Waals surface area contributed by atoms with Gasteiger partial charge in [-0.15, -0.1) is 0 Å². The Bertz CT molecular complexity index is 1860. The number of aromatic nitrogens is 1. The van der Waals surface area contributed by atoms with Crippen molar-refractivity contribution in [3.63, 3.8) is 0 Å². The zero-order valence-electron chi connectivity index (χ0n) is 23.2. The lowest BCUT2D eigenvalue weighted by Crippen LogP contribution is -2.39. The molecule has 0 amide bonds. The molecule has 9 nitrogen and oxygen atoms in total. The highest BCUT2D eigenvalue weighted by molar-refractivity contribution is 7.07. The summed E-state index contributed by atoms with van der Waals surface area (Å²) in [6.45, 7) is 5.55. The van der Waals surface area contributed by atoms with E-state index >= 15 is 0 Å². The van der Waals surface area contributed by atoms with Gasteiger partial charge >= 0.3 is 11.9 Å². The number of methoxy groups -OCH3 is 2. The van der Waals surface area contributed by atoms with E-state index in [0.717, 1.165) is 16.7 Å². The highest BCUT2D eigenvalue weighted by Gasteiger charge is 2.33. The summed E-state index contributed by atoms with van der Waals surface area (Å²) in [4.78, 5) is 43.8. The molecule has 0 fully saturated rings. The number of allylic oxidation sites excluding steroid dienone is 1. The molecule has 4 aromatic rings. The third-order valence-corrected chi connectivity index (χ3v) is 7.74. The van der Waals surface area contributed by atoms with Gasteiger partial charge in [0.05, 0.1) is 48.2 Å². The molecule has 2 aromatic heterocycles. The summed E-state index contributed by atoms with van der Waals surface area (Å²) in [5, 5.41) is 0. The fraction of sp³-hybridized carbons (Fsp3) is 0.226. The second kappa shape index (κ2) is 11.4. The van der Waals surface area contributed by atoms with Gasteiger partial charge in [0, 0.05) is 11.6 Å². The predicted molar refractivity (Wildman–Crippen MR) is 154 cm³/mol. The first-order valence-corrected chi connectivity index (χ1v) is 13.7. The second-order valence-electron chi connectivity index (χ2n) is 9.30. The summed E-state index contributed by atoms with van der Waals surface area (Å²) in [5.41, 5.74) is 3.32. The molecule has 2 aromatic carbocycles. The van der Waals surface area contributed by atoms with Gasteiger partial charge in [-0.25, -0.2) is 14.6 Å². The predicted octanol–water partition coefficient (Wildman–Crippen LogP) is 4.16. The Labute approximate surface area is 239 Å². The van der Waals surface area contributed by atoms with Crippen molar-refractivity contribution >= 4 is 29.4 Å². The largest absolute Gasteiger partial charge is 0.497 e. The minimum absolute atomic E-state index is 0.196. The van der Waals surface area contributed by atoms with Crippen molar-refractivity contribution in [3.8, 4) is 17.1 Å². The summed E-state index contributed by atoms with van der Waals surface area (Å²) >= 11 is 1.22. The smallest absolute Gasteiger partial charge is 0.338 e. The van der Waals surface area contributed by atoms with E-state index in [1.165, 1.54) is 23.0 Å². The summed E-state index contributed by atoms with van der Waals surface area (Å²) in [7, 11) is 2.91. The molecule has 5 rings (SSSR count). The van der Waals surface area contributed by atoms with E-state index in [1.54, 1.807) is 63.4 Å². The standard InChI is InChI=1S/C31H28N2O7S/c1-6-39-30(36)26-18(3)32-31-33(27(26)19-7-10-21(37-4)11-8-19)28(34)25(41-31)16-22-12-14-24(40-22)23-13-9-20(15-17(23)2)29(35)38-5/h7-16,27H,6H2,1-5H3/b25-16+/t27-/m1/s1. The van der Waals surface area contributed by atoms with Crippen LogP contribution in [0.4, 0.5) is 0 Å². The van der Waals surface area contributed by atoms with Crippen molar-refractivity contribution in [2.45, 2.75) is 26.8 Å². The average Bonchev–Trinajstić information content (AvgIpc) is 3.55. The van der Waals surface area contributed by atoms with E-state index in [4.69, 9.17) is 18.6 Å². The summed E-state index contributed by atoms with van der Waals surface area (Å²) in [6.07, 6.45) is 1.67. The van der Waals surface area contributed by atoms with Gasteiger partial charge in [-0.2, -0.15) is 0 Å². The molecule has 10 heteroatoms. The Balaban J connectivity index is 1.58. The van der Waals surface area contributed by atoms with Crippen LogP contribution in [0.5, 0.6) is 5.75 Å². The number of furan rings is 1. The summed E-state index contributed by atoms with van der Waals surface area (Å²) < 4.78 is 23.4. The zero-order chi connectivity index (χ0) is 29.3. The number of thiazole rings is 1. The van der Waals surface area contributed by atoms with Gasteiger partial charge in [-0.1, -0.05) is 29.5 Å². The Morgan fingerprint density at radius 2 is 1.80 bits per heavy atom. The van der Waals surface area contributed by atoms with E-state index in [9.17, 15) is 14.4 Å². The fourth-order valence-corrected chi connectivity index (χ4v) is 5.81. The maximum Gasteiger partial charge on any atom is 0.338 e. The van der Waals surface area contributed by atoms with Crippen molar-refractivity contribution in [2.24, 2.45) is 4.99 Å². The highest BCUT2D eigenvalue weighted by Crippen LogP contribution is 2.32. The van der Waals surface area contributed by atoms with Gasteiger partial charge in [0.25, 0.3) is 5.56 Å². The molecule has 0 spiro atoms.